The molecule has 4 atom stereocenters. The van der Waals surface area contributed by atoms with Crippen LogP contribution in [0.3, 0.4) is 0 Å². The Morgan fingerprint density at radius 2 is 2.25 bits per heavy atom. The third kappa shape index (κ3) is 2.18. The lowest BCUT2D eigenvalue weighted by Gasteiger charge is -2.46. The Labute approximate surface area is 172 Å². The minimum Gasteiger partial charge on any atom is -0.511 e. The maximum absolute atomic E-state index is 13.8. The number of phenolic OH excluding ortho intramolecular Hbond substituents is 1. The lowest BCUT2D eigenvalue weighted by atomic mass is 9.58. The molecule has 3 aliphatic carbocycles. The number of aromatic hydroxyl groups is 1. The number of primary amides is 1. The second-order valence-electron chi connectivity index (χ2n) is 6.90. The van der Waals surface area contributed by atoms with Gasteiger partial charge in [0, 0.05) is 23.3 Å². The van der Waals surface area contributed by atoms with Crippen molar-refractivity contribution in [2.24, 2.45) is 23.4 Å². The summed E-state index contributed by atoms with van der Waals surface area (Å²) in [5.74, 6) is -15.2. The Morgan fingerprint density at radius 1 is 1.43 bits per heavy atom. The predicted octanol–water partition coefficient (Wildman–Crippen LogP) is 1.13. The lowest BCUT2D eigenvalue weighted by molar-refractivity contribution is -0.126. The highest BCUT2D eigenvalue weighted by Crippen LogP contribution is 2.54. The number of rotatable bonds is 4. The van der Waals surface area contributed by atoms with Gasteiger partial charge >= 0.3 is 0 Å². The van der Waals surface area contributed by atoms with E-state index in [0.717, 1.165) is 0 Å². The van der Waals surface area contributed by atoms with Gasteiger partial charge in [0.25, 0.3) is 8.77 Å². The smallest absolute Gasteiger partial charge is 0.293 e. The SMILES string of the molecule is [2H]OC1=C2C(=O)c3c(O[2H])cccc3[C@@](C)(O[2H])C2([2H])CC2C([2H])([2H])C(O)=C(C(=O)N([2H])[2H])C(=O)C12[2H]. The van der Waals surface area contributed by atoms with Crippen LogP contribution in [0.4, 0.5) is 0 Å². The molecule has 1 amide bonds. The maximum Gasteiger partial charge on any atom is 0.293 e. The first-order valence-corrected chi connectivity index (χ1v) is 8.26. The molecule has 0 bridgehead atoms. The van der Waals surface area contributed by atoms with E-state index in [4.69, 9.17) is 16.3 Å². The number of phenols is 1. The van der Waals surface area contributed by atoms with E-state index < -0.39 is 82.0 Å². The van der Waals surface area contributed by atoms with Gasteiger partial charge in [-0.15, -0.1) is 0 Å². The van der Waals surface area contributed by atoms with Crippen LogP contribution in [0.25, 0.3) is 1.43 Å². The first-order chi connectivity index (χ1) is 17.1. The van der Waals surface area contributed by atoms with Crippen LogP contribution in [0.5, 0.6) is 5.75 Å². The number of allylic oxidation sites excluding steroid dienone is 2. The summed E-state index contributed by atoms with van der Waals surface area (Å²) in [6.07, 6.45) is -4.06. The van der Waals surface area contributed by atoms with Crippen LogP contribution in [0, 0.1) is 17.7 Å². The molecule has 4 rings (SSSR count). The van der Waals surface area contributed by atoms with Gasteiger partial charge in [-0.25, -0.2) is 0 Å². The highest BCUT2D eigenvalue weighted by Gasteiger charge is 2.55. The van der Waals surface area contributed by atoms with Crippen LogP contribution >= 0.6 is 0 Å². The molecule has 0 spiro atoms. The molecule has 8 heteroatoms. The number of Topliss-reactive ketones (excluding diaryl/α,β-unsaturated/α-hetero) is 2. The highest BCUT2D eigenvalue weighted by atomic mass is 16.3. The summed E-state index contributed by atoms with van der Waals surface area (Å²) in [5, 5.41) is 24.6. The molecule has 3 unspecified atom stereocenters. The maximum atomic E-state index is 13.8. The zero-order chi connectivity index (χ0) is 27.9. The molecular weight excluding hydrogens is 366 g/mol. The second kappa shape index (κ2) is 5.68. The molecule has 28 heavy (non-hydrogen) atoms. The fourth-order valence-electron chi connectivity index (χ4n) is 4.02. The topological polar surface area (TPSA) is 158 Å². The van der Waals surface area contributed by atoms with Gasteiger partial charge in [0.2, 0.25) is 1.43 Å². The number of aliphatic hydroxyl groups excluding tert-OH is 2. The van der Waals surface area contributed by atoms with E-state index in [1.807, 2.05) is 0 Å². The summed E-state index contributed by atoms with van der Waals surface area (Å²) in [6, 6.07) is 3.88. The van der Waals surface area contributed by atoms with Crippen molar-refractivity contribution >= 4 is 17.5 Å². The largest absolute Gasteiger partial charge is 0.511 e. The van der Waals surface area contributed by atoms with Crippen LogP contribution in [-0.2, 0) is 15.2 Å². The number of carbonyl (C=O) groups excluding carboxylic acids is 3. The van der Waals surface area contributed by atoms with E-state index in [1.54, 1.807) is 0 Å². The molecule has 3 aliphatic rings. The van der Waals surface area contributed by atoms with Crippen LogP contribution in [-0.4, -0.2) is 40.8 Å². The molecule has 1 aromatic rings. The van der Waals surface area contributed by atoms with Gasteiger partial charge in [-0.05, 0) is 30.9 Å². The van der Waals surface area contributed by atoms with Gasteiger partial charge in [-0.3, -0.25) is 14.4 Å². The van der Waals surface area contributed by atoms with Crippen LogP contribution in [0.2, 0.25) is 2.82 Å². The zero-order valence-electron chi connectivity index (χ0n) is 23.4. The van der Waals surface area contributed by atoms with Crippen molar-refractivity contribution in [1.29, 1.82) is 4.29 Å². The fourth-order valence-corrected chi connectivity index (χ4v) is 4.02. The molecule has 0 radical (unpaired) electrons. The number of amides is 1. The first-order valence-electron chi connectivity index (χ1n) is 12.4. The Kier molecular flexibility index (Phi) is 2.12. The summed E-state index contributed by atoms with van der Waals surface area (Å²) >= 11 is 0. The number of carbonyl (C=O) groups is 3. The molecule has 0 heterocycles. The Morgan fingerprint density at radius 3 is 2.93 bits per heavy atom. The number of aliphatic hydroxyl groups is 3. The van der Waals surface area contributed by atoms with Crippen LogP contribution in [0.1, 0.15) is 41.1 Å². The first kappa shape index (κ1) is 10.4. The van der Waals surface area contributed by atoms with E-state index in [2.05, 4.69) is 10.2 Å². The average molecular weight is 394 g/mol. The van der Waals surface area contributed by atoms with E-state index >= 15 is 0 Å². The molecular formula is C20H19NO7. The highest BCUT2D eigenvalue weighted by molar-refractivity contribution is 6.22. The number of fused-ring (bicyclic) bond motifs is 3. The summed E-state index contributed by atoms with van der Waals surface area (Å²) in [5.41, 5.74) is -5.50. The molecule has 0 aromatic heterocycles. The third-order valence-electron chi connectivity index (χ3n) is 5.33. The Hall–Kier alpha value is -3.13. The quantitative estimate of drug-likeness (QED) is 0.479. The molecule has 0 aliphatic heterocycles. The van der Waals surface area contributed by atoms with Crippen molar-refractivity contribution in [2.45, 2.75) is 25.3 Å². The summed E-state index contributed by atoms with van der Waals surface area (Å²) in [4.78, 5) is 39.7. The fraction of sp³-hybridized carbons (Fsp3) is 0.350. The number of benzene rings is 1. The summed E-state index contributed by atoms with van der Waals surface area (Å²) < 4.78 is 72.4. The van der Waals surface area contributed by atoms with Crippen LogP contribution < -0.4 is 5.72 Å². The molecule has 0 saturated carbocycles. The van der Waals surface area contributed by atoms with Crippen LogP contribution in [0.15, 0.2) is 40.9 Å². The summed E-state index contributed by atoms with van der Waals surface area (Å²) in [7, 11) is 0. The monoisotopic (exact) mass is 394 g/mol. The molecule has 8 nitrogen and oxygen atoms in total. The zero-order valence-corrected chi connectivity index (χ0v) is 14.4. The predicted molar refractivity (Wildman–Crippen MR) is 95.2 cm³/mol. The number of ketones is 2. The number of nitrogens with two attached hydrogens (primary N) is 1. The minimum absolute atomic E-state index is 0.102. The Bertz CT molecular complexity index is 1310. The second-order valence-corrected chi connectivity index (χ2v) is 6.90. The van der Waals surface area contributed by atoms with Gasteiger partial charge in [-0.2, -0.15) is 0 Å². The van der Waals surface area contributed by atoms with E-state index in [9.17, 15) is 20.9 Å². The van der Waals surface area contributed by atoms with Crippen molar-refractivity contribution in [2.75, 3.05) is 0 Å². The molecule has 6 N–H and O–H groups in total. The number of hydrogen-bond acceptors (Lipinski definition) is 7. The van der Waals surface area contributed by atoms with Gasteiger partial charge in [0.05, 0.1) is 17.1 Å². The van der Waals surface area contributed by atoms with Gasteiger partial charge in [-0.1, -0.05) is 12.1 Å². The van der Waals surface area contributed by atoms with Gasteiger partial charge in [0.15, 0.2) is 14.4 Å². The normalized spacial score (nSPS) is 43.2. The van der Waals surface area contributed by atoms with Gasteiger partial charge in [0.1, 0.15) is 22.8 Å². The third-order valence-corrected chi connectivity index (χ3v) is 5.33. The number of hydrogen-bond donors (Lipinski definition) is 5. The molecule has 146 valence electrons. The summed E-state index contributed by atoms with van der Waals surface area (Å²) in [6.45, 7) is 1.20. The molecule has 1 aromatic carbocycles. The Balaban J connectivity index is 2.15. The van der Waals surface area contributed by atoms with Crippen molar-refractivity contribution in [3.05, 3.63) is 52.0 Å². The van der Waals surface area contributed by atoms with Crippen molar-refractivity contribution in [3.8, 4) is 5.75 Å². The van der Waals surface area contributed by atoms with E-state index in [1.165, 1.54) is 25.1 Å². The molecule has 0 saturated heterocycles. The van der Waals surface area contributed by atoms with Crippen molar-refractivity contribution in [1.82, 2.24) is 0 Å². The molecule has 0 fully saturated rings. The lowest BCUT2D eigenvalue weighted by Crippen LogP contribution is -2.49. The average Bonchev–Trinajstić information content (AvgIpc) is 2.86. The van der Waals surface area contributed by atoms with Crippen molar-refractivity contribution < 1.29 is 43.1 Å². The van der Waals surface area contributed by atoms with E-state index in [-0.39, 0.29) is 16.9 Å². The standard InChI is InChI=1S/C20H19NO7/c1-20(28)8-3-2-4-10(22)13(8)18(26)14-9(20)5-7-6-11(23)15(19(21)27)17(25)12(7)16(14)24/h2-4,7,9,12,22-24,28H,5-6H2,1H3,(H2,21,27)/t7?,9?,12?,20-/m1/s1/i6D2,9D,12D,28D/hD4. The van der Waals surface area contributed by atoms with Crippen molar-refractivity contribution in [3.63, 3.8) is 0 Å². The minimum atomic E-state index is -3.14. The van der Waals surface area contributed by atoms with Gasteiger partial charge < -0.3 is 26.2 Å². The van der Waals surface area contributed by atoms with E-state index in [0.29, 0.717) is 0 Å².